The Bertz CT molecular complexity index is 1690. The lowest BCUT2D eigenvalue weighted by atomic mass is 9.74. The molecule has 0 aliphatic heterocycles. The van der Waals surface area contributed by atoms with Gasteiger partial charge in [0.1, 0.15) is 37.9 Å². The molecule has 4 atom stereocenters. The lowest BCUT2D eigenvalue weighted by molar-refractivity contribution is -0.476. The molecule has 1 N–H and O–H groups in total. The van der Waals surface area contributed by atoms with Crippen molar-refractivity contribution >= 4 is 11.7 Å². The molecule has 2 aliphatic carbocycles. The molecule has 0 aromatic rings. The van der Waals surface area contributed by atoms with Crippen LogP contribution in [0, 0.1) is 10.8 Å². The van der Waals surface area contributed by atoms with Crippen LogP contribution in [-0.4, -0.2) is 97.2 Å². The Kier molecular flexibility index (Phi) is 19.2. The van der Waals surface area contributed by atoms with E-state index >= 15 is 8.78 Å². The highest BCUT2D eigenvalue weighted by molar-refractivity contribution is 5.83. The summed E-state index contributed by atoms with van der Waals surface area (Å²) in [5, 5.41) is 1.76. The third-order valence-corrected chi connectivity index (χ3v) is 10.9. The van der Waals surface area contributed by atoms with Crippen molar-refractivity contribution in [2.24, 2.45) is 10.8 Å². The number of carbonyl (C=O) groups excluding carboxylic acids is 2. The maximum atomic E-state index is 15.3. The van der Waals surface area contributed by atoms with Gasteiger partial charge in [0, 0.05) is 19.4 Å². The summed E-state index contributed by atoms with van der Waals surface area (Å²) in [5.74, 6) is -37.8. The topological polar surface area (TPSA) is 83.1 Å². The van der Waals surface area contributed by atoms with Crippen LogP contribution in [0.25, 0.3) is 0 Å². The number of amides is 1. The highest BCUT2D eigenvalue weighted by atomic mass is 19.3. The first-order valence-corrected chi connectivity index (χ1v) is 20.2. The molecule has 0 aromatic carbocycles. The fourth-order valence-corrected chi connectivity index (χ4v) is 7.60. The van der Waals surface area contributed by atoms with Gasteiger partial charge in [0.15, 0.2) is 6.10 Å². The van der Waals surface area contributed by atoms with Crippen molar-refractivity contribution in [1.29, 1.82) is 0 Å². The zero-order valence-electron chi connectivity index (χ0n) is 35.7. The van der Waals surface area contributed by atoms with E-state index in [1.54, 1.807) is 5.32 Å². The molecule has 0 aromatic heterocycles. The van der Waals surface area contributed by atoms with Crippen LogP contribution in [0.2, 0.25) is 0 Å². The van der Waals surface area contributed by atoms with Gasteiger partial charge in [0.05, 0.1) is 12.8 Å². The van der Waals surface area contributed by atoms with E-state index < -0.39 is 147 Å². The number of allylic oxidation sites excluding steroid dienone is 6. The van der Waals surface area contributed by atoms with E-state index in [1.165, 1.54) is 36.5 Å². The number of halogens is 16. The summed E-state index contributed by atoms with van der Waals surface area (Å²) in [6.07, 6.45) is -20.0. The summed E-state index contributed by atoms with van der Waals surface area (Å²) in [6.45, 7) is 15.6. The number of carbonyl (C=O) groups is 2. The first-order chi connectivity index (χ1) is 30.0. The monoisotopic (exact) mass is 983 g/mol. The van der Waals surface area contributed by atoms with Crippen molar-refractivity contribution in [2.75, 3.05) is 19.8 Å². The first-order valence-electron chi connectivity index (χ1n) is 20.2. The van der Waals surface area contributed by atoms with Gasteiger partial charge in [0.25, 0.3) is 29.5 Å². The Morgan fingerprint density at radius 1 is 0.621 bits per heavy atom. The van der Waals surface area contributed by atoms with Gasteiger partial charge >= 0.3 is 29.9 Å². The molecule has 2 saturated carbocycles. The van der Waals surface area contributed by atoms with E-state index in [4.69, 9.17) is 0 Å². The van der Waals surface area contributed by atoms with Crippen molar-refractivity contribution < 1.29 is 98.8 Å². The smallest absolute Gasteiger partial charge is 0.350 e. The number of nitrogens with one attached hydrogen (secondary N) is 1. The summed E-state index contributed by atoms with van der Waals surface area (Å²) < 4.78 is 250. The number of hydrogen-bond donors (Lipinski definition) is 1. The molecule has 0 spiro atoms. The first kappa shape index (κ1) is 58.4. The highest BCUT2D eigenvalue weighted by Crippen LogP contribution is 2.61. The maximum absolute atomic E-state index is 15.3. The summed E-state index contributed by atoms with van der Waals surface area (Å²) in [6, 6.07) is 0. The Hall–Kier alpha value is -3.70. The fourth-order valence-electron chi connectivity index (χ4n) is 7.60. The number of hydrogen-bond acceptors (Lipinski definition) is 6. The third-order valence-electron chi connectivity index (χ3n) is 10.9. The van der Waals surface area contributed by atoms with Gasteiger partial charge in [-0.05, 0) is 55.8 Å². The van der Waals surface area contributed by atoms with Crippen molar-refractivity contribution in [3.05, 3.63) is 75.9 Å². The summed E-state index contributed by atoms with van der Waals surface area (Å²) in [7, 11) is 0. The second kappa shape index (κ2) is 21.7. The summed E-state index contributed by atoms with van der Waals surface area (Å²) in [5.41, 5.74) is -1.70. The lowest BCUT2D eigenvalue weighted by Crippen LogP contribution is -2.74. The minimum atomic E-state index is -5.43. The third kappa shape index (κ3) is 15.2. The van der Waals surface area contributed by atoms with E-state index in [-0.39, 0.29) is 25.7 Å². The van der Waals surface area contributed by atoms with Crippen LogP contribution in [-0.2, 0) is 28.5 Å². The molecule has 23 heteroatoms. The zero-order chi connectivity index (χ0) is 50.9. The molecule has 2 aliphatic rings. The average molecular weight is 984 g/mol. The molecule has 2 fully saturated rings. The van der Waals surface area contributed by atoms with Crippen LogP contribution in [0.1, 0.15) is 83.5 Å². The van der Waals surface area contributed by atoms with Gasteiger partial charge in [-0.1, -0.05) is 36.5 Å². The molecular weight excluding hydrogens is 930 g/mol. The predicted octanol–water partition coefficient (Wildman–Crippen LogP) is 12.4. The van der Waals surface area contributed by atoms with E-state index in [2.05, 4.69) is 58.4 Å². The van der Waals surface area contributed by atoms with Gasteiger partial charge in [-0.3, -0.25) is 9.59 Å². The number of ether oxygens (including phenoxy) is 4. The van der Waals surface area contributed by atoms with Crippen LogP contribution >= 0.6 is 0 Å². The number of rotatable bonds is 34. The molecule has 66 heavy (non-hydrogen) atoms. The van der Waals surface area contributed by atoms with E-state index in [1.807, 2.05) is 0 Å². The molecule has 0 saturated heterocycles. The van der Waals surface area contributed by atoms with Gasteiger partial charge in [0.2, 0.25) is 0 Å². The quantitative estimate of drug-likeness (QED) is 0.0511. The van der Waals surface area contributed by atoms with Crippen molar-refractivity contribution in [3.8, 4) is 0 Å². The minimum absolute atomic E-state index is 0.0125. The molecule has 0 heterocycles. The largest absolute Gasteiger partial charge is 0.362 e. The fraction of sp³-hybridized carbons (Fsp3) is 0.674. The lowest BCUT2D eigenvalue weighted by Gasteiger charge is -2.52. The summed E-state index contributed by atoms with van der Waals surface area (Å²) >= 11 is 0. The van der Waals surface area contributed by atoms with Crippen LogP contribution in [0.3, 0.4) is 0 Å². The van der Waals surface area contributed by atoms with Gasteiger partial charge in [-0.25, -0.2) is 30.7 Å². The number of alkyl halides is 16. The van der Waals surface area contributed by atoms with Gasteiger partial charge in [-0.2, -0.15) is 39.5 Å². The van der Waals surface area contributed by atoms with E-state index in [9.17, 15) is 71.1 Å². The second-order valence-corrected chi connectivity index (χ2v) is 16.8. The zero-order valence-corrected chi connectivity index (χ0v) is 35.7. The van der Waals surface area contributed by atoms with Crippen LogP contribution < -0.4 is 5.32 Å². The normalized spacial score (nSPS) is 23.5. The van der Waals surface area contributed by atoms with Crippen molar-refractivity contribution in [1.82, 2.24) is 5.32 Å². The molecule has 378 valence electrons. The van der Waals surface area contributed by atoms with Gasteiger partial charge < -0.3 is 24.3 Å². The standard InChI is InChI=1S/C43H53F16NO6/c1-7-14-33(15-8-2,16-9-3)20-13-29(61)21-35(44,45)27-63-40(54)25-39(52,53)43(40,59)64-28-36(46,47)23-41(55,56)65-30-22-37(48,49)31(30)66-42(57,58)24-38(50,51)32(62)60-26-34(17-10-4,18-11-5)19-12-6/h7-12,30-31H,1-6,13-28H2,(H,60,62). The molecule has 2 rings (SSSR count). The Morgan fingerprint density at radius 3 is 1.53 bits per heavy atom. The molecular formula is C43H53F16NO6. The average Bonchev–Trinajstić information content (AvgIpc) is 3.16. The van der Waals surface area contributed by atoms with E-state index in [0.29, 0.717) is 19.3 Å². The second-order valence-electron chi connectivity index (χ2n) is 16.8. The Morgan fingerprint density at radius 2 is 1.08 bits per heavy atom. The molecule has 4 unspecified atom stereocenters. The minimum Gasteiger partial charge on any atom is -0.350 e. The van der Waals surface area contributed by atoms with Gasteiger partial charge in [-0.15, -0.1) is 39.5 Å². The number of ketones is 1. The Labute approximate surface area is 371 Å². The molecule has 7 nitrogen and oxygen atoms in total. The van der Waals surface area contributed by atoms with Crippen LogP contribution in [0.5, 0.6) is 0 Å². The van der Waals surface area contributed by atoms with E-state index in [0.717, 1.165) is 0 Å². The SMILES string of the molecule is C=CCC(CC=C)(CC=C)CCC(=O)CC(F)(F)COC1(F)CC(F)(F)C1(F)OCC(F)(F)CC(F)(F)OC1CC(F)(F)C1OC(F)(F)CC(F)(F)C(=O)NCC(CC=C)(CC=C)CC=C. The highest BCUT2D eigenvalue weighted by Gasteiger charge is 2.84. The van der Waals surface area contributed by atoms with Crippen molar-refractivity contribution in [3.63, 3.8) is 0 Å². The number of Topliss-reactive ketones (excluding diaryl/α,β-unsaturated/α-hetero) is 1. The molecule has 1 amide bonds. The maximum Gasteiger partial charge on any atom is 0.362 e. The Balaban J connectivity index is 2.08. The van der Waals surface area contributed by atoms with Crippen molar-refractivity contribution in [2.45, 2.75) is 149 Å². The predicted molar refractivity (Wildman–Crippen MR) is 208 cm³/mol. The molecule has 0 bridgehead atoms. The molecule has 0 radical (unpaired) electrons. The van der Waals surface area contributed by atoms with Crippen LogP contribution in [0.15, 0.2) is 75.9 Å². The summed E-state index contributed by atoms with van der Waals surface area (Å²) in [4.78, 5) is 24.7. The van der Waals surface area contributed by atoms with Crippen LogP contribution in [0.4, 0.5) is 70.2 Å².